The standard InChI is InChI=1S/C15H26N2O2S.ClH/c1-6-15(3,4)13-7-9-14(10-8-13)20(18,19)17-11-12(2)16-5;/h7-10,12,16-17H,6,11H2,1-5H3;1H. The van der Waals surface area contributed by atoms with E-state index < -0.39 is 10.0 Å². The Balaban J connectivity index is 0.00000400. The molecule has 2 N–H and O–H groups in total. The molecule has 0 aliphatic carbocycles. The van der Waals surface area contributed by atoms with Crippen LogP contribution >= 0.6 is 12.4 Å². The van der Waals surface area contributed by atoms with Gasteiger partial charge < -0.3 is 5.32 Å². The Morgan fingerprint density at radius 3 is 2.14 bits per heavy atom. The number of nitrogens with one attached hydrogen (secondary N) is 2. The summed E-state index contributed by atoms with van der Waals surface area (Å²) in [6, 6.07) is 7.26. The van der Waals surface area contributed by atoms with Crippen molar-refractivity contribution in [1.29, 1.82) is 0 Å². The Hall–Kier alpha value is -0.620. The Labute approximate surface area is 135 Å². The molecule has 0 fully saturated rings. The predicted molar refractivity (Wildman–Crippen MR) is 90.7 cm³/mol. The Kier molecular flexibility index (Phi) is 7.89. The lowest BCUT2D eigenvalue weighted by Gasteiger charge is -2.23. The van der Waals surface area contributed by atoms with E-state index in [0.29, 0.717) is 11.4 Å². The summed E-state index contributed by atoms with van der Waals surface area (Å²) >= 11 is 0. The van der Waals surface area contributed by atoms with Gasteiger partial charge >= 0.3 is 0 Å². The van der Waals surface area contributed by atoms with Crippen molar-refractivity contribution in [3.63, 3.8) is 0 Å². The maximum atomic E-state index is 12.1. The summed E-state index contributed by atoms with van der Waals surface area (Å²) in [5, 5.41) is 3.00. The third-order valence-corrected chi connectivity index (χ3v) is 5.34. The molecule has 0 bridgehead atoms. The minimum Gasteiger partial charge on any atom is -0.316 e. The van der Waals surface area contributed by atoms with Gasteiger partial charge in [-0.05, 0) is 43.5 Å². The van der Waals surface area contributed by atoms with Crippen molar-refractivity contribution in [1.82, 2.24) is 10.0 Å². The first kappa shape index (κ1) is 20.4. The van der Waals surface area contributed by atoms with Gasteiger partial charge in [-0.2, -0.15) is 0 Å². The smallest absolute Gasteiger partial charge is 0.240 e. The van der Waals surface area contributed by atoms with E-state index in [9.17, 15) is 8.42 Å². The van der Waals surface area contributed by atoms with Gasteiger partial charge in [0.2, 0.25) is 10.0 Å². The fourth-order valence-corrected chi connectivity index (χ4v) is 2.84. The minimum atomic E-state index is -3.42. The van der Waals surface area contributed by atoms with E-state index in [1.165, 1.54) is 0 Å². The third-order valence-electron chi connectivity index (χ3n) is 3.90. The van der Waals surface area contributed by atoms with Crippen LogP contribution in [0.3, 0.4) is 0 Å². The molecule has 0 amide bonds. The molecule has 0 spiro atoms. The molecule has 122 valence electrons. The maximum Gasteiger partial charge on any atom is 0.240 e. The Morgan fingerprint density at radius 2 is 1.71 bits per heavy atom. The molecule has 0 heterocycles. The molecule has 0 saturated heterocycles. The third kappa shape index (κ3) is 5.58. The maximum absolute atomic E-state index is 12.1. The largest absolute Gasteiger partial charge is 0.316 e. The summed E-state index contributed by atoms with van der Waals surface area (Å²) in [6.07, 6.45) is 1.01. The molecule has 1 aromatic rings. The quantitative estimate of drug-likeness (QED) is 0.806. The predicted octanol–water partition coefficient (Wildman–Crippen LogP) is 2.68. The first-order chi connectivity index (χ1) is 9.23. The number of benzene rings is 1. The highest BCUT2D eigenvalue weighted by molar-refractivity contribution is 7.89. The van der Waals surface area contributed by atoms with Crippen molar-refractivity contribution in [2.75, 3.05) is 13.6 Å². The van der Waals surface area contributed by atoms with Crippen LogP contribution in [0.2, 0.25) is 0 Å². The molecule has 1 atom stereocenters. The molecule has 1 aromatic carbocycles. The lowest BCUT2D eigenvalue weighted by Crippen LogP contribution is -2.37. The average Bonchev–Trinajstić information content (AvgIpc) is 2.45. The van der Waals surface area contributed by atoms with Crippen LogP contribution in [0.5, 0.6) is 0 Å². The second-order valence-electron chi connectivity index (χ2n) is 5.80. The Bertz CT molecular complexity index is 527. The molecular weight excluding hydrogens is 308 g/mol. The molecule has 0 aliphatic rings. The van der Waals surface area contributed by atoms with Crippen molar-refractivity contribution < 1.29 is 8.42 Å². The van der Waals surface area contributed by atoms with Crippen LogP contribution in [0.15, 0.2) is 29.2 Å². The van der Waals surface area contributed by atoms with Gasteiger partial charge in [0.25, 0.3) is 0 Å². The normalized spacial score (nSPS) is 13.6. The van der Waals surface area contributed by atoms with Gasteiger partial charge in [0.1, 0.15) is 0 Å². The number of sulfonamides is 1. The molecule has 0 saturated carbocycles. The molecule has 1 rings (SSSR count). The van der Waals surface area contributed by atoms with Crippen molar-refractivity contribution >= 4 is 22.4 Å². The van der Waals surface area contributed by atoms with Crippen LogP contribution in [0.1, 0.15) is 39.7 Å². The van der Waals surface area contributed by atoms with E-state index in [4.69, 9.17) is 0 Å². The van der Waals surface area contributed by atoms with Gasteiger partial charge in [-0.15, -0.1) is 12.4 Å². The van der Waals surface area contributed by atoms with Crippen LogP contribution in [-0.4, -0.2) is 28.1 Å². The second kappa shape index (κ2) is 8.13. The number of rotatable bonds is 7. The highest BCUT2D eigenvalue weighted by atomic mass is 35.5. The summed E-state index contributed by atoms with van der Waals surface area (Å²) in [7, 11) is -1.62. The zero-order chi connectivity index (χ0) is 15.4. The molecule has 4 nitrogen and oxygen atoms in total. The van der Waals surface area contributed by atoms with E-state index in [2.05, 4.69) is 30.8 Å². The van der Waals surface area contributed by atoms with Gasteiger partial charge in [0, 0.05) is 12.6 Å². The van der Waals surface area contributed by atoms with E-state index in [-0.39, 0.29) is 23.9 Å². The van der Waals surface area contributed by atoms with Gasteiger partial charge in [-0.3, -0.25) is 0 Å². The summed E-state index contributed by atoms with van der Waals surface area (Å²) in [5.74, 6) is 0. The summed E-state index contributed by atoms with van der Waals surface area (Å²) < 4.78 is 26.9. The summed E-state index contributed by atoms with van der Waals surface area (Å²) in [6.45, 7) is 8.74. The number of hydrogen-bond acceptors (Lipinski definition) is 3. The minimum absolute atomic E-state index is 0. The molecular formula is C15H27ClN2O2S. The highest BCUT2D eigenvalue weighted by Gasteiger charge is 2.20. The number of halogens is 1. The van der Waals surface area contributed by atoms with Crippen molar-refractivity contribution in [2.24, 2.45) is 0 Å². The first-order valence-corrected chi connectivity index (χ1v) is 8.48. The topological polar surface area (TPSA) is 58.2 Å². The summed E-state index contributed by atoms with van der Waals surface area (Å²) in [4.78, 5) is 0.316. The Morgan fingerprint density at radius 1 is 1.19 bits per heavy atom. The molecule has 0 aliphatic heterocycles. The zero-order valence-electron chi connectivity index (χ0n) is 13.4. The lowest BCUT2D eigenvalue weighted by molar-refractivity contribution is 0.505. The fraction of sp³-hybridized carbons (Fsp3) is 0.600. The van der Waals surface area contributed by atoms with Gasteiger partial charge in [0.05, 0.1) is 4.90 Å². The molecule has 0 aromatic heterocycles. The summed E-state index contributed by atoms with van der Waals surface area (Å²) in [5.41, 5.74) is 1.22. The zero-order valence-corrected chi connectivity index (χ0v) is 15.1. The van der Waals surface area contributed by atoms with E-state index >= 15 is 0 Å². The van der Waals surface area contributed by atoms with Crippen molar-refractivity contribution in [3.05, 3.63) is 29.8 Å². The van der Waals surface area contributed by atoms with Crippen LogP contribution in [0, 0.1) is 0 Å². The van der Waals surface area contributed by atoms with Crippen LogP contribution in [0.25, 0.3) is 0 Å². The van der Waals surface area contributed by atoms with Gasteiger partial charge in [-0.25, -0.2) is 13.1 Å². The van der Waals surface area contributed by atoms with Gasteiger partial charge in [-0.1, -0.05) is 32.9 Å². The monoisotopic (exact) mass is 334 g/mol. The average molecular weight is 335 g/mol. The highest BCUT2D eigenvalue weighted by Crippen LogP contribution is 2.27. The molecule has 6 heteroatoms. The second-order valence-corrected chi connectivity index (χ2v) is 7.57. The fourth-order valence-electron chi connectivity index (χ4n) is 1.71. The van der Waals surface area contributed by atoms with Crippen molar-refractivity contribution in [2.45, 2.75) is 50.5 Å². The number of likely N-dealkylation sites (N-methyl/N-ethyl adjacent to an activating group) is 1. The van der Waals surface area contributed by atoms with Gasteiger partial charge in [0.15, 0.2) is 0 Å². The van der Waals surface area contributed by atoms with Crippen molar-refractivity contribution in [3.8, 4) is 0 Å². The SMILES string of the molecule is CCC(C)(C)c1ccc(S(=O)(=O)NCC(C)NC)cc1.Cl. The van der Waals surface area contributed by atoms with Crippen LogP contribution < -0.4 is 10.0 Å². The van der Waals surface area contributed by atoms with Crippen LogP contribution in [-0.2, 0) is 15.4 Å². The number of hydrogen-bond donors (Lipinski definition) is 2. The van der Waals surface area contributed by atoms with E-state index in [1.807, 2.05) is 19.1 Å². The first-order valence-electron chi connectivity index (χ1n) is 7.00. The lowest BCUT2D eigenvalue weighted by atomic mass is 9.82. The molecule has 0 radical (unpaired) electrons. The van der Waals surface area contributed by atoms with Crippen LogP contribution in [0.4, 0.5) is 0 Å². The van der Waals surface area contributed by atoms with E-state index in [0.717, 1.165) is 12.0 Å². The molecule has 21 heavy (non-hydrogen) atoms. The van der Waals surface area contributed by atoms with E-state index in [1.54, 1.807) is 19.2 Å². The molecule has 1 unspecified atom stereocenters.